The van der Waals surface area contributed by atoms with Gasteiger partial charge in [-0.2, -0.15) is 0 Å². The third kappa shape index (κ3) is 1.93. The predicted octanol–water partition coefficient (Wildman–Crippen LogP) is 0.765. The highest BCUT2D eigenvalue weighted by molar-refractivity contribution is 5.99. The Morgan fingerprint density at radius 2 is 2.24 bits per heavy atom. The van der Waals surface area contributed by atoms with E-state index in [1.165, 1.54) is 0 Å². The lowest BCUT2D eigenvalue weighted by molar-refractivity contribution is -0.122. The molecule has 0 spiro atoms. The molecule has 17 heavy (non-hydrogen) atoms. The zero-order chi connectivity index (χ0) is 12.6. The molecule has 92 valence electrons. The highest BCUT2D eigenvalue weighted by Gasteiger charge is 2.36. The summed E-state index contributed by atoms with van der Waals surface area (Å²) < 4.78 is 5.33. The van der Waals surface area contributed by atoms with E-state index in [1.807, 2.05) is 0 Å². The molecule has 0 saturated heterocycles. The zero-order valence-electron chi connectivity index (χ0n) is 9.93. The number of carbonyl (C=O) groups is 1. The smallest absolute Gasteiger partial charge is 0.265 e. The lowest BCUT2D eigenvalue weighted by atomic mass is 10.0. The van der Waals surface area contributed by atoms with Gasteiger partial charge in [0, 0.05) is 5.69 Å². The lowest BCUT2D eigenvalue weighted by Gasteiger charge is -2.40. The van der Waals surface area contributed by atoms with Gasteiger partial charge in [-0.25, -0.2) is 0 Å². The van der Waals surface area contributed by atoms with Crippen molar-refractivity contribution >= 4 is 17.3 Å². The molecule has 1 aromatic carbocycles. The minimum Gasteiger partial charge on any atom is -0.482 e. The Kier molecular flexibility index (Phi) is 2.71. The van der Waals surface area contributed by atoms with Crippen LogP contribution in [0.15, 0.2) is 18.2 Å². The van der Waals surface area contributed by atoms with Crippen molar-refractivity contribution in [3.05, 3.63) is 18.2 Å². The van der Waals surface area contributed by atoms with Crippen molar-refractivity contribution in [3.63, 3.8) is 0 Å². The molecule has 1 aliphatic rings. The van der Waals surface area contributed by atoms with Crippen LogP contribution in [0.2, 0.25) is 0 Å². The van der Waals surface area contributed by atoms with Crippen molar-refractivity contribution < 1.29 is 14.6 Å². The maximum absolute atomic E-state index is 11.9. The third-order valence-corrected chi connectivity index (χ3v) is 2.82. The highest BCUT2D eigenvalue weighted by atomic mass is 16.5. The molecule has 5 nitrogen and oxygen atoms in total. The number of amides is 1. The number of aliphatic hydroxyl groups is 1. The fraction of sp³-hybridized carbons (Fsp3) is 0.417. The van der Waals surface area contributed by atoms with Crippen LogP contribution < -0.4 is 15.4 Å². The average Bonchev–Trinajstić information content (AvgIpc) is 2.28. The minimum atomic E-state index is -0.677. The van der Waals surface area contributed by atoms with Gasteiger partial charge in [0.15, 0.2) is 6.61 Å². The van der Waals surface area contributed by atoms with E-state index >= 15 is 0 Å². The number of hydrogen-bond donors (Lipinski definition) is 2. The van der Waals surface area contributed by atoms with Crippen LogP contribution in [0.1, 0.15) is 13.8 Å². The molecule has 0 aliphatic carbocycles. The van der Waals surface area contributed by atoms with E-state index in [9.17, 15) is 9.90 Å². The number of nitrogens with zero attached hydrogens (tertiary/aromatic N) is 1. The van der Waals surface area contributed by atoms with Crippen molar-refractivity contribution in [1.29, 1.82) is 0 Å². The summed E-state index contributed by atoms with van der Waals surface area (Å²) in [5, 5.41) is 9.39. The number of nitrogens with two attached hydrogens (primary N) is 1. The molecule has 0 saturated carbocycles. The second-order valence-corrected chi connectivity index (χ2v) is 4.72. The monoisotopic (exact) mass is 236 g/mol. The van der Waals surface area contributed by atoms with Gasteiger partial charge in [-0.15, -0.1) is 0 Å². The van der Waals surface area contributed by atoms with Gasteiger partial charge >= 0.3 is 0 Å². The van der Waals surface area contributed by atoms with Gasteiger partial charge in [-0.1, -0.05) is 0 Å². The van der Waals surface area contributed by atoms with E-state index in [0.717, 1.165) is 0 Å². The molecular weight excluding hydrogens is 220 g/mol. The number of ether oxygens (including phenoxy) is 1. The fourth-order valence-electron chi connectivity index (χ4n) is 1.90. The molecule has 0 fully saturated rings. The van der Waals surface area contributed by atoms with Gasteiger partial charge in [-0.05, 0) is 32.0 Å². The first-order valence-electron chi connectivity index (χ1n) is 5.42. The number of aliphatic hydroxyl groups excluding tert-OH is 1. The summed E-state index contributed by atoms with van der Waals surface area (Å²) in [5.41, 5.74) is 6.21. The summed E-state index contributed by atoms with van der Waals surface area (Å²) in [6.45, 7) is 3.44. The van der Waals surface area contributed by atoms with Crippen LogP contribution in [0.3, 0.4) is 0 Å². The number of carbonyl (C=O) groups excluding carboxylic acids is 1. The molecule has 5 heteroatoms. The Hall–Kier alpha value is -1.75. The second kappa shape index (κ2) is 3.92. The Balaban J connectivity index is 2.53. The van der Waals surface area contributed by atoms with Crippen LogP contribution >= 0.6 is 0 Å². The Bertz CT molecular complexity index is 457. The standard InChI is InChI=1S/C12H16N2O3/c1-12(2,7-15)14-9-5-8(13)3-4-10(9)17-6-11(14)16/h3-5,15H,6-7,13H2,1-2H3. The molecule has 0 bridgehead atoms. The van der Waals surface area contributed by atoms with E-state index in [2.05, 4.69) is 0 Å². The molecule has 1 amide bonds. The first kappa shape index (κ1) is 11.7. The molecule has 0 radical (unpaired) electrons. The summed E-state index contributed by atoms with van der Waals surface area (Å²) in [4.78, 5) is 13.5. The maximum atomic E-state index is 11.9. The predicted molar refractivity (Wildman–Crippen MR) is 65.0 cm³/mol. The first-order valence-corrected chi connectivity index (χ1v) is 5.42. The maximum Gasteiger partial charge on any atom is 0.265 e. The number of rotatable bonds is 2. The van der Waals surface area contributed by atoms with Gasteiger partial charge in [0.25, 0.3) is 5.91 Å². The van der Waals surface area contributed by atoms with E-state index in [1.54, 1.807) is 36.9 Å². The quantitative estimate of drug-likeness (QED) is 0.743. The SMILES string of the molecule is CC(C)(CO)N1C(=O)COc2ccc(N)cc21. The van der Waals surface area contributed by atoms with Gasteiger partial charge in [-0.3, -0.25) is 9.69 Å². The summed E-state index contributed by atoms with van der Waals surface area (Å²) in [6.07, 6.45) is 0. The third-order valence-electron chi connectivity index (χ3n) is 2.82. The summed E-state index contributed by atoms with van der Waals surface area (Å²) in [6, 6.07) is 5.14. The first-order chi connectivity index (χ1) is 7.95. The van der Waals surface area contributed by atoms with E-state index in [0.29, 0.717) is 17.1 Å². The number of hydrogen-bond acceptors (Lipinski definition) is 4. The Morgan fingerprint density at radius 3 is 2.88 bits per heavy atom. The fourth-order valence-corrected chi connectivity index (χ4v) is 1.90. The van der Waals surface area contributed by atoms with Crippen molar-refractivity contribution in [2.75, 3.05) is 23.8 Å². The largest absolute Gasteiger partial charge is 0.482 e. The molecule has 1 heterocycles. The summed E-state index contributed by atoms with van der Waals surface area (Å²) in [5.74, 6) is 0.433. The van der Waals surface area contributed by atoms with Gasteiger partial charge in [0.05, 0.1) is 17.8 Å². The number of benzene rings is 1. The Morgan fingerprint density at radius 1 is 1.53 bits per heavy atom. The molecule has 2 rings (SSSR count). The molecular formula is C12H16N2O3. The Labute approximate surface area is 99.8 Å². The zero-order valence-corrected chi connectivity index (χ0v) is 9.93. The molecule has 1 aromatic rings. The van der Waals surface area contributed by atoms with Crippen molar-refractivity contribution in [3.8, 4) is 5.75 Å². The lowest BCUT2D eigenvalue weighted by Crippen LogP contribution is -2.54. The van der Waals surface area contributed by atoms with E-state index in [-0.39, 0.29) is 19.1 Å². The molecule has 0 atom stereocenters. The van der Waals surface area contributed by atoms with Crippen LogP contribution in [0.4, 0.5) is 11.4 Å². The van der Waals surface area contributed by atoms with Crippen LogP contribution in [-0.4, -0.2) is 29.8 Å². The van der Waals surface area contributed by atoms with Crippen LogP contribution in [-0.2, 0) is 4.79 Å². The second-order valence-electron chi connectivity index (χ2n) is 4.72. The van der Waals surface area contributed by atoms with Crippen molar-refractivity contribution in [1.82, 2.24) is 0 Å². The molecule has 0 aromatic heterocycles. The van der Waals surface area contributed by atoms with E-state index in [4.69, 9.17) is 10.5 Å². The van der Waals surface area contributed by atoms with E-state index < -0.39 is 5.54 Å². The average molecular weight is 236 g/mol. The van der Waals surface area contributed by atoms with Gasteiger partial charge < -0.3 is 15.6 Å². The minimum absolute atomic E-state index is 0.0135. The molecule has 3 N–H and O–H groups in total. The molecule has 1 aliphatic heterocycles. The topological polar surface area (TPSA) is 75.8 Å². The summed E-state index contributed by atoms with van der Waals surface area (Å²) in [7, 11) is 0. The summed E-state index contributed by atoms with van der Waals surface area (Å²) >= 11 is 0. The molecule has 0 unspecified atom stereocenters. The van der Waals surface area contributed by atoms with Gasteiger partial charge in [0.2, 0.25) is 0 Å². The number of fused-ring (bicyclic) bond motifs is 1. The normalized spacial score (nSPS) is 15.5. The van der Waals surface area contributed by atoms with Crippen LogP contribution in [0, 0.1) is 0 Å². The van der Waals surface area contributed by atoms with Crippen LogP contribution in [0.5, 0.6) is 5.75 Å². The van der Waals surface area contributed by atoms with Crippen LogP contribution in [0.25, 0.3) is 0 Å². The van der Waals surface area contributed by atoms with Crippen molar-refractivity contribution in [2.45, 2.75) is 19.4 Å². The number of nitrogen functional groups attached to an aromatic ring is 1. The van der Waals surface area contributed by atoms with Gasteiger partial charge in [0.1, 0.15) is 5.75 Å². The number of anilines is 2. The highest BCUT2D eigenvalue weighted by Crippen LogP contribution is 2.37. The van der Waals surface area contributed by atoms with Crippen molar-refractivity contribution in [2.24, 2.45) is 0 Å².